The van der Waals surface area contributed by atoms with Crippen molar-refractivity contribution in [3.63, 3.8) is 0 Å². The zero-order valence-corrected chi connectivity index (χ0v) is 15.1. The van der Waals surface area contributed by atoms with Crippen molar-refractivity contribution < 1.29 is 39.3 Å². The van der Waals surface area contributed by atoms with Crippen molar-refractivity contribution in [2.24, 2.45) is 5.92 Å². The molecular weight excluding hydrogens is 358 g/mol. The van der Waals surface area contributed by atoms with E-state index in [0.29, 0.717) is 0 Å². The predicted octanol–water partition coefficient (Wildman–Crippen LogP) is 1.89. The number of carboxylic acids is 3. The highest BCUT2D eigenvalue weighted by Gasteiger charge is 2.32. The van der Waals surface area contributed by atoms with Crippen molar-refractivity contribution in [1.29, 1.82) is 0 Å². The normalized spacial score (nSPS) is 11.7. The van der Waals surface area contributed by atoms with Gasteiger partial charge < -0.3 is 20.2 Å². The summed E-state index contributed by atoms with van der Waals surface area (Å²) < 4.78 is 0. The Labute approximate surface area is 155 Å². The highest BCUT2D eigenvalue weighted by Crippen LogP contribution is 2.26. The molecule has 146 valence electrons. The fourth-order valence-electron chi connectivity index (χ4n) is 2.78. The number of carboxylic acid groups (broad SMARTS) is 3. The van der Waals surface area contributed by atoms with Crippen molar-refractivity contribution in [1.82, 2.24) is 0 Å². The molecule has 1 aromatic carbocycles. The lowest BCUT2D eigenvalue weighted by Gasteiger charge is -2.33. The topological polar surface area (TPSA) is 149 Å². The third kappa shape index (κ3) is 5.37. The molecule has 1 amide bonds. The maximum atomic E-state index is 12.5. The Bertz CT molecular complexity index is 784. The summed E-state index contributed by atoms with van der Waals surface area (Å²) >= 11 is 0. The summed E-state index contributed by atoms with van der Waals surface area (Å²) in [5.74, 6) is -5.51. The van der Waals surface area contributed by atoms with Crippen LogP contribution in [0.2, 0.25) is 0 Å². The largest absolute Gasteiger partial charge is 0.481 e. The number of hydrogen-bond donors (Lipinski definition) is 3. The van der Waals surface area contributed by atoms with E-state index in [9.17, 15) is 29.1 Å². The molecule has 0 fully saturated rings. The minimum atomic E-state index is -1.49. The van der Waals surface area contributed by atoms with Crippen LogP contribution >= 0.6 is 0 Å². The smallest absolute Gasteiger partial charge is 0.336 e. The molecule has 1 atom stereocenters. The second-order valence-corrected chi connectivity index (χ2v) is 6.28. The van der Waals surface area contributed by atoms with E-state index in [-0.39, 0.29) is 18.0 Å². The summed E-state index contributed by atoms with van der Waals surface area (Å²) in [4.78, 5) is 59.1. The van der Waals surface area contributed by atoms with E-state index >= 15 is 0 Å². The number of benzene rings is 1. The second-order valence-electron chi connectivity index (χ2n) is 6.28. The van der Waals surface area contributed by atoms with Crippen LogP contribution in [-0.4, -0.2) is 51.0 Å². The highest BCUT2D eigenvalue weighted by molar-refractivity contribution is 6.05. The molecule has 0 aliphatic rings. The number of aliphatic carboxylic acids is 1. The summed E-state index contributed by atoms with van der Waals surface area (Å²) in [5, 5.41) is 27.1. The molecule has 1 rings (SSSR count). The minimum absolute atomic E-state index is 0.0484. The molecule has 0 aliphatic carbocycles. The van der Waals surface area contributed by atoms with Crippen molar-refractivity contribution in [3.05, 3.63) is 29.3 Å². The monoisotopic (exact) mass is 379 g/mol. The molecule has 0 aliphatic heterocycles. The first-order valence-electron chi connectivity index (χ1n) is 8.12. The number of aromatic carboxylic acids is 2. The number of amides is 1. The number of nitrogens with zero attached hydrogens (tertiary/aromatic N) is 1. The summed E-state index contributed by atoms with van der Waals surface area (Å²) in [6.45, 7) is 4.53. The lowest BCUT2D eigenvalue weighted by atomic mass is 9.94. The molecular formula is C18H21NO8. The van der Waals surface area contributed by atoms with E-state index in [0.717, 1.165) is 17.0 Å². The molecule has 0 saturated carbocycles. The van der Waals surface area contributed by atoms with Crippen molar-refractivity contribution >= 4 is 35.3 Å². The Morgan fingerprint density at radius 2 is 1.48 bits per heavy atom. The number of hydrogen-bond acceptors (Lipinski definition) is 5. The molecule has 27 heavy (non-hydrogen) atoms. The van der Waals surface area contributed by atoms with Crippen LogP contribution in [0.3, 0.4) is 0 Å². The van der Waals surface area contributed by atoms with Gasteiger partial charge in [-0.3, -0.25) is 14.4 Å². The van der Waals surface area contributed by atoms with Gasteiger partial charge in [-0.15, -0.1) is 0 Å². The fourth-order valence-corrected chi connectivity index (χ4v) is 2.78. The first kappa shape index (κ1) is 21.8. The number of ketones is 1. The molecule has 3 N–H and O–H groups in total. The standard InChI is InChI=1S/C18H21NO8/c1-9(2)16(14(21)6-7-15(22)23)19(10(3)20)11-4-5-12(17(24)25)13(8-11)18(26)27/h4-5,8-9,16H,6-7H2,1-3H3,(H,22,23)(H,24,25)(H,26,27). The quantitative estimate of drug-likeness (QED) is 0.589. The van der Waals surface area contributed by atoms with E-state index < -0.39 is 53.2 Å². The lowest BCUT2D eigenvalue weighted by Crippen LogP contribution is -2.47. The third-order valence-corrected chi connectivity index (χ3v) is 3.91. The molecule has 0 radical (unpaired) electrons. The Kier molecular flexibility index (Phi) is 7.21. The SMILES string of the molecule is CC(=O)N(c1ccc(C(=O)O)c(C(=O)O)c1)C(C(=O)CCC(=O)O)C(C)C. The van der Waals surface area contributed by atoms with Gasteiger partial charge in [0.25, 0.3) is 0 Å². The Balaban J connectivity index is 3.45. The van der Waals surface area contributed by atoms with Gasteiger partial charge in [0, 0.05) is 19.0 Å². The summed E-state index contributed by atoms with van der Waals surface area (Å²) in [7, 11) is 0. The van der Waals surface area contributed by atoms with Crippen molar-refractivity contribution in [2.75, 3.05) is 4.90 Å². The molecule has 9 heteroatoms. The molecule has 0 heterocycles. The molecule has 1 aromatic rings. The molecule has 0 saturated heterocycles. The van der Waals surface area contributed by atoms with Crippen LogP contribution in [0.1, 0.15) is 54.3 Å². The van der Waals surface area contributed by atoms with Gasteiger partial charge in [0.15, 0.2) is 5.78 Å². The van der Waals surface area contributed by atoms with Gasteiger partial charge in [0.1, 0.15) is 0 Å². The van der Waals surface area contributed by atoms with Gasteiger partial charge in [-0.1, -0.05) is 13.8 Å². The van der Waals surface area contributed by atoms with Crippen LogP contribution in [0.5, 0.6) is 0 Å². The zero-order valence-electron chi connectivity index (χ0n) is 15.1. The van der Waals surface area contributed by atoms with E-state index in [1.165, 1.54) is 13.0 Å². The average Bonchev–Trinajstić information content (AvgIpc) is 2.55. The Morgan fingerprint density at radius 1 is 0.926 bits per heavy atom. The van der Waals surface area contributed by atoms with Crippen molar-refractivity contribution in [2.45, 2.75) is 39.7 Å². The summed E-state index contributed by atoms with van der Waals surface area (Å²) in [5.41, 5.74) is -0.924. The average molecular weight is 379 g/mol. The molecule has 1 unspecified atom stereocenters. The maximum absolute atomic E-state index is 12.5. The summed E-state index contributed by atoms with van der Waals surface area (Å²) in [6, 6.07) is 2.31. The van der Waals surface area contributed by atoms with Gasteiger partial charge in [0.2, 0.25) is 5.91 Å². The number of rotatable bonds is 9. The van der Waals surface area contributed by atoms with Crippen LogP contribution in [0.15, 0.2) is 18.2 Å². The van der Waals surface area contributed by atoms with Crippen LogP contribution in [-0.2, 0) is 14.4 Å². The predicted molar refractivity (Wildman–Crippen MR) is 94.0 cm³/mol. The van der Waals surface area contributed by atoms with E-state index in [4.69, 9.17) is 10.2 Å². The first-order chi connectivity index (χ1) is 12.5. The zero-order chi connectivity index (χ0) is 20.9. The summed E-state index contributed by atoms with van der Waals surface area (Å²) in [6.07, 6.45) is -0.687. The number of carbonyl (C=O) groups excluding carboxylic acids is 2. The number of anilines is 1. The van der Waals surface area contributed by atoms with Crippen LogP contribution in [0.25, 0.3) is 0 Å². The molecule has 0 bridgehead atoms. The van der Waals surface area contributed by atoms with E-state index in [1.54, 1.807) is 13.8 Å². The van der Waals surface area contributed by atoms with Crippen LogP contribution in [0.4, 0.5) is 5.69 Å². The van der Waals surface area contributed by atoms with E-state index in [2.05, 4.69) is 0 Å². The number of carbonyl (C=O) groups is 5. The molecule has 9 nitrogen and oxygen atoms in total. The van der Waals surface area contributed by atoms with Crippen LogP contribution in [0, 0.1) is 5.92 Å². The highest BCUT2D eigenvalue weighted by atomic mass is 16.4. The van der Waals surface area contributed by atoms with E-state index in [1.807, 2.05) is 0 Å². The lowest BCUT2D eigenvalue weighted by molar-refractivity contribution is -0.138. The Morgan fingerprint density at radius 3 is 1.89 bits per heavy atom. The molecule has 0 aromatic heterocycles. The number of Topliss-reactive ketones (excluding diaryl/α,β-unsaturated/α-hetero) is 1. The first-order valence-corrected chi connectivity index (χ1v) is 8.12. The second kappa shape index (κ2) is 8.93. The van der Waals surface area contributed by atoms with Gasteiger partial charge >= 0.3 is 17.9 Å². The van der Waals surface area contributed by atoms with Crippen molar-refractivity contribution in [3.8, 4) is 0 Å². The maximum Gasteiger partial charge on any atom is 0.336 e. The Hall–Kier alpha value is -3.23. The minimum Gasteiger partial charge on any atom is -0.481 e. The van der Waals surface area contributed by atoms with Gasteiger partial charge in [-0.2, -0.15) is 0 Å². The van der Waals surface area contributed by atoms with Gasteiger partial charge in [-0.25, -0.2) is 9.59 Å². The fraction of sp³-hybridized carbons (Fsp3) is 0.389. The van der Waals surface area contributed by atoms with Gasteiger partial charge in [0.05, 0.1) is 23.6 Å². The van der Waals surface area contributed by atoms with Gasteiger partial charge in [-0.05, 0) is 24.1 Å². The third-order valence-electron chi connectivity index (χ3n) is 3.91. The molecule has 0 spiro atoms. The van der Waals surface area contributed by atoms with Crippen LogP contribution < -0.4 is 4.90 Å².